The summed E-state index contributed by atoms with van der Waals surface area (Å²) in [5, 5.41) is 12.4. The van der Waals surface area contributed by atoms with E-state index in [1.165, 1.54) is 12.3 Å². The highest BCUT2D eigenvalue weighted by molar-refractivity contribution is 6.36. The highest BCUT2D eigenvalue weighted by Gasteiger charge is 2.40. The number of carbonyl (C=O) groups is 2. The molecular formula is C13H15Cl2N3O3. The van der Waals surface area contributed by atoms with Crippen LogP contribution in [-0.4, -0.2) is 46.5 Å². The number of likely N-dealkylation sites (tertiary alicyclic amines) is 1. The average Bonchev–Trinajstić information content (AvgIpc) is 2.76. The molecule has 2 N–H and O–H groups in total. The molecule has 1 aromatic heterocycles. The van der Waals surface area contributed by atoms with E-state index in [1.807, 2.05) is 0 Å². The van der Waals surface area contributed by atoms with Gasteiger partial charge in [0.05, 0.1) is 22.0 Å². The summed E-state index contributed by atoms with van der Waals surface area (Å²) in [6, 6.07) is 1.49. The van der Waals surface area contributed by atoms with Crippen molar-refractivity contribution in [3.8, 4) is 0 Å². The van der Waals surface area contributed by atoms with E-state index in [4.69, 9.17) is 28.3 Å². The topological polar surface area (TPSA) is 82.5 Å². The van der Waals surface area contributed by atoms with Gasteiger partial charge in [0.15, 0.2) is 5.82 Å². The lowest BCUT2D eigenvalue weighted by molar-refractivity contribution is -0.147. The van der Waals surface area contributed by atoms with Gasteiger partial charge in [0.1, 0.15) is 0 Å². The number of nitrogens with one attached hydrogen (secondary N) is 1. The molecule has 1 amide bonds. The molecule has 8 heteroatoms. The number of carboxylic acid groups (broad SMARTS) is 1. The van der Waals surface area contributed by atoms with E-state index in [9.17, 15) is 9.59 Å². The SMILES string of the molecule is CC1(C(=O)O)CCN(CC(=O)Nc2ncc(Cl)cc2Cl)C1. The molecule has 0 aliphatic carbocycles. The number of hydrogen-bond donors (Lipinski definition) is 2. The van der Waals surface area contributed by atoms with E-state index in [-0.39, 0.29) is 23.3 Å². The van der Waals surface area contributed by atoms with Gasteiger partial charge in [-0.15, -0.1) is 0 Å². The number of anilines is 1. The molecule has 1 aliphatic heterocycles. The number of nitrogens with zero attached hydrogens (tertiary/aromatic N) is 2. The summed E-state index contributed by atoms with van der Waals surface area (Å²) in [6.45, 7) is 2.70. The van der Waals surface area contributed by atoms with E-state index in [1.54, 1.807) is 11.8 Å². The van der Waals surface area contributed by atoms with Crippen molar-refractivity contribution in [3.63, 3.8) is 0 Å². The largest absolute Gasteiger partial charge is 0.481 e. The Labute approximate surface area is 132 Å². The quantitative estimate of drug-likeness (QED) is 0.883. The van der Waals surface area contributed by atoms with Crippen LogP contribution in [0.4, 0.5) is 5.82 Å². The predicted molar refractivity (Wildman–Crippen MR) is 79.7 cm³/mol. The Bertz CT molecular complexity index is 582. The normalized spacial score (nSPS) is 22.2. The maximum Gasteiger partial charge on any atom is 0.310 e. The fraction of sp³-hybridized carbons (Fsp3) is 0.462. The molecular weight excluding hydrogens is 317 g/mol. The van der Waals surface area contributed by atoms with Crippen LogP contribution in [0, 0.1) is 5.41 Å². The number of amides is 1. The van der Waals surface area contributed by atoms with Gasteiger partial charge < -0.3 is 10.4 Å². The minimum atomic E-state index is -0.840. The fourth-order valence-corrected chi connectivity index (χ4v) is 2.67. The third-order valence-corrected chi connectivity index (χ3v) is 4.00. The molecule has 0 bridgehead atoms. The predicted octanol–water partition coefficient (Wildman–Crippen LogP) is 2.12. The number of halogens is 2. The van der Waals surface area contributed by atoms with Gasteiger partial charge in [0.25, 0.3) is 0 Å². The first-order valence-corrected chi connectivity index (χ1v) is 7.12. The van der Waals surface area contributed by atoms with Gasteiger partial charge in [0, 0.05) is 12.7 Å². The van der Waals surface area contributed by atoms with Crippen LogP contribution >= 0.6 is 23.2 Å². The number of aromatic nitrogens is 1. The molecule has 2 heterocycles. The molecule has 1 aromatic rings. The Balaban J connectivity index is 1.93. The molecule has 21 heavy (non-hydrogen) atoms. The molecule has 6 nitrogen and oxygen atoms in total. The zero-order valence-electron chi connectivity index (χ0n) is 11.4. The Kier molecular flexibility index (Phi) is 4.70. The van der Waals surface area contributed by atoms with Gasteiger partial charge in [-0.25, -0.2) is 4.98 Å². The van der Waals surface area contributed by atoms with Crippen molar-refractivity contribution in [1.82, 2.24) is 9.88 Å². The number of carbonyl (C=O) groups excluding carboxylic acids is 1. The molecule has 1 unspecified atom stereocenters. The van der Waals surface area contributed by atoms with E-state index < -0.39 is 11.4 Å². The van der Waals surface area contributed by atoms with E-state index in [0.29, 0.717) is 24.5 Å². The lowest BCUT2D eigenvalue weighted by Gasteiger charge is -2.19. The summed E-state index contributed by atoms with van der Waals surface area (Å²) in [7, 11) is 0. The van der Waals surface area contributed by atoms with E-state index >= 15 is 0 Å². The second kappa shape index (κ2) is 6.17. The zero-order chi connectivity index (χ0) is 15.6. The Morgan fingerprint density at radius 3 is 2.81 bits per heavy atom. The van der Waals surface area contributed by atoms with Crippen molar-refractivity contribution >= 4 is 40.9 Å². The average molecular weight is 332 g/mol. The standard InChI is InChI=1S/C13H15Cl2N3O3/c1-13(12(20)21)2-3-18(7-13)6-10(19)17-11-9(15)4-8(14)5-16-11/h4-5H,2-3,6-7H2,1H3,(H,20,21)(H,16,17,19). The van der Waals surface area contributed by atoms with Crippen molar-refractivity contribution < 1.29 is 14.7 Å². The number of rotatable bonds is 4. The van der Waals surface area contributed by atoms with Crippen LogP contribution in [0.3, 0.4) is 0 Å². The molecule has 114 valence electrons. The minimum Gasteiger partial charge on any atom is -0.481 e. The van der Waals surface area contributed by atoms with E-state index in [0.717, 1.165) is 0 Å². The number of aliphatic carboxylic acids is 1. The molecule has 1 atom stereocenters. The second-order valence-electron chi connectivity index (χ2n) is 5.36. The first-order valence-electron chi connectivity index (χ1n) is 6.37. The fourth-order valence-electron chi connectivity index (χ4n) is 2.25. The Morgan fingerprint density at radius 1 is 1.52 bits per heavy atom. The van der Waals surface area contributed by atoms with Gasteiger partial charge in [0.2, 0.25) is 5.91 Å². The summed E-state index contributed by atoms with van der Waals surface area (Å²) >= 11 is 11.7. The van der Waals surface area contributed by atoms with Crippen molar-refractivity contribution in [2.45, 2.75) is 13.3 Å². The summed E-state index contributed by atoms with van der Waals surface area (Å²) in [4.78, 5) is 28.8. The van der Waals surface area contributed by atoms with Gasteiger partial charge in [-0.05, 0) is 26.0 Å². The van der Waals surface area contributed by atoms with Gasteiger partial charge >= 0.3 is 5.97 Å². The Hall–Kier alpha value is -1.37. The van der Waals surface area contributed by atoms with Crippen LogP contribution in [0.5, 0.6) is 0 Å². The highest BCUT2D eigenvalue weighted by atomic mass is 35.5. The number of hydrogen-bond acceptors (Lipinski definition) is 4. The molecule has 0 aromatic carbocycles. The monoisotopic (exact) mass is 331 g/mol. The summed E-state index contributed by atoms with van der Waals surface area (Å²) in [6.07, 6.45) is 1.91. The molecule has 0 spiro atoms. The van der Waals surface area contributed by atoms with Crippen LogP contribution in [0.1, 0.15) is 13.3 Å². The maximum absolute atomic E-state index is 12.0. The molecule has 1 aliphatic rings. The van der Waals surface area contributed by atoms with Crippen LogP contribution < -0.4 is 5.32 Å². The first kappa shape index (κ1) is 16.0. The number of carboxylic acids is 1. The van der Waals surface area contributed by atoms with Gasteiger partial charge in [-0.2, -0.15) is 0 Å². The number of pyridine rings is 1. The summed E-state index contributed by atoms with van der Waals surface area (Å²) in [5.41, 5.74) is -0.795. The van der Waals surface area contributed by atoms with Gasteiger partial charge in [-0.3, -0.25) is 14.5 Å². The van der Waals surface area contributed by atoms with Crippen molar-refractivity contribution in [2.75, 3.05) is 25.0 Å². The molecule has 2 rings (SSSR count). The molecule has 1 saturated heterocycles. The minimum absolute atomic E-state index is 0.101. The molecule has 1 fully saturated rings. The van der Waals surface area contributed by atoms with Crippen LogP contribution in [0.25, 0.3) is 0 Å². The second-order valence-corrected chi connectivity index (χ2v) is 6.20. The Morgan fingerprint density at radius 2 is 2.24 bits per heavy atom. The molecule has 0 radical (unpaired) electrons. The van der Waals surface area contributed by atoms with Gasteiger partial charge in [-0.1, -0.05) is 23.2 Å². The van der Waals surface area contributed by atoms with E-state index in [2.05, 4.69) is 10.3 Å². The van der Waals surface area contributed by atoms with Crippen LogP contribution in [-0.2, 0) is 9.59 Å². The maximum atomic E-state index is 12.0. The van der Waals surface area contributed by atoms with Crippen molar-refractivity contribution in [2.24, 2.45) is 5.41 Å². The smallest absolute Gasteiger partial charge is 0.310 e. The van der Waals surface area contributed by atoms with Crippen LogP contribution in [0.2, 0.25) is 10.0 Å². The van der Waals surface area contributed by atoms with Crippen molar-refractivity contribution in [3.05, 3.63) is 22.3 Å². The third kappa shape index (κ3) is 3.84. The van der Waals surface area contributed by atoms with Crippen LogP contribution in [0.15, 0.2) is 12.3 Å². The van der Waals surface area contributed by atoms with Crippen molar-refractivity contribution in [1.29, 1.82) is 0 Å². The summed E-state index contributed by atoms with van der Waals surface area (Å²) < 4.78 is 0. The lowest BCUT2D eigenvalue weighted by Crippen LogP contribution is -2.36. The third-order valence-electron chi connectivity index (χ3n) is 3.50. The molecule has 0 saturated carbocycles. The highest BCUT2D eigenvalue weighted by Crippen LogP contribution is 2.30. The zero-order valence-corrected chi connectivity index (χ0v) is 12.9. The summed E-state index contributed by atoms with van der Waals surface area (Å²) in [5.74, 6) is -0.888. The lowest BCUT2D eigenvalue weighted by atomic mass is 9.90. The first-order chi connectivity index (χ1) is 9.80.